The topological polar surface area (TPSA) is 105 Å². The molecule has 0 spiro atoms. The predicted octanol–water partition coefficient (Wildman–Crippen LogP) is -0.000800. The Bertz CT molecular complexity index is 868. The number of benzene rings is 1. The zero-order valence-electron chi connectivity index (χ0n) is 15.0. The highest BCUT2D eigenvalue weighted by Gasteiger charge is 2.19. The van der Waals surface area contributed by atoms with Crippen molar-refractivity contribution in [3.63, 3.8) is 0 Å². The molecule has 0 unspecified atom stereocenters. The molecule has 138 valence electrons. The van der Waals surface area contributed by atoms with Crippen LogP contribution in [0.4, 0.5) is 0 Å². The van der Waals surface area contributed by atoms with E-state index >= 15 is 0 Å². The van der Waals surface area contributed by atoms with Crippen molar-refractivity contribution >= 4 is 5.91 Å². The zero-order valence-corrected chi connectivity index (χ0v) is 15.0. The number of aromatic nitrogens is 2. The molecular weight excluding hydrogens is 334 g/mol. The number of hydrogen-bond donors (Lipinski definition) is 2. The average Bonchev–Trinajstić information content (AvgIpc) is 2.62. The highest BCUT2D eigenvalue weighted by Crippen LogP contribution is 2.20. The molecule has 2 aromatic rings. The first-order valence-electron chi connectivity index (χ1n) is 8.47. The number of nitrogens with two attached hydrogens (primary N) is 1. The second-order valence-corrected chi connectivity index (χ2v) is 6.64. The van der Waals surface area contributed by atoms with Gasteiger partial charge in [0.15, 0.2) is 5.69 Å². The Morgan fingerprint density at radius 3 is 2.35 bits per heavy atom. The molecule has 3 rings (SSSR count). The third kappa shape index (κ3) is 3.61. The summed E-state index contributed by atoms with van der Waals surface area (Å²) in [5.74, 6) is -1.38. The van der Waals surface area contributed by atoms with E-state index in [1.807, 2.05) is 24.3 Å². The lowest BCUT2D eigenvalue weighted by Crippen LogP contribution is -2.43. The predicted molar refractivity (Wildman–Crippen MR) is 97.9 cm³/mol. The van der Waals surface area contributed by atoms with Gasteiger partial charge in [-0.05, 0) is 12.6 Å². The maximum atomic E-state index is 12.1. The SMILES string of the molecule is CN1CCN(Cc2ccc(-c3nc(C(N)=O)c(O)c(=O)n3C)cc2)CC1. The van der Waals surface area contributed by atoms with Crippen molar-refractivity contribution in [2.45, 2.75) is 6.54 Å². The molecule has 26 heavy (non-hydrogen) atoms. The lowest BCUT2D eigenvalue weighted by molar-refractivity contribution is 0.0992. The van der Waals surface area contributed by atoms with Crippen molar-refractivity contribution < 1.29 is 9.90 Å². The molecular formula is C18H23N5O3. The van der Waals surface area contributed by atoms with E-state index in [9.17, 15) is 14.7 Å². The number of carbonyl (C=O) groups is 1. The van der Waals surface area contributed by atoms with Gasteiger partial charge in [-0.15, -0.1) is 0 Å². The summed E-state index contributed by atoms with van der Waals surface area (Å²) >= 11 is 0. The number of piperazine rings is 1. The minimum atomic E-state index is -0.937. The number of nitrogens with zero attached hydrogens (tertiary/aromatic N) is 4. The Morgan fingerprint density at radius 2 is 1.77 bits per heavy atom. The summed E-state index contributed by atoms with van der Waals surface area (Å²) in [6.07, 6.45) is 0. The molecule has 1 amide bonds. The lowest BCUT2D eigenvalue weighted by Gasteiger charge is -2.32. The first-order chi connectivity index (χ1) is 12.4. The van der Waals surface area contributed by atoms with Gasteiger partial charge in [0, 0.05) is 45.3 Å². The van der Waals surface area contributed by atoms with Crippen LogP contribution in [0.3, 0.4) is 0 Å². The van der Waals surface area contributed by atoms with Crippen LogP contribution in [-0.2, 0) is 13.6 Å². The Morgan fingerprint density at radius 1 is 1.15 bits per heavy atom. The summed E-state index contributed by atoms with van der Waals surface area (Å²) in [4.78, 5) is 32.3. The van der Waals surface area contributed by atoms with Gasteiger partial charge in [-0.2, -0.15) is 0 Å². The highest BCUT2D eigenvalue weighted by atomic mass is 16.3. The summed E-state index contributed by atoms with van der Waals surface area (Å²) in [7, 11) is 3.62. The molecule has 0 atom stereocenters. The minimum absolute atomic E-state index is 0.285. The maximum Gasteiger partial charge on any atom is 0.296 e. The molecule has 8 heteroatoms. The summed E-state index contributed by atoms with van der Waals surface area (Å²) in [6.45, 7) is 5.06. The van der Waals surface area contributed by atoms with Gasteiger partial charge in [-0.25, -0.2) is 4.98 Å². The molecule has 1 aliphatic rings. The third-order valence-electron chi connectivity index (χ3n) is 4.71. The van der Waals surface area contributed by atoms with Gasteiger partial charge in [0.2, 0.25) is 5.75 Å². The van der Waals surface area contributed by atoms with Crippen LogP contribution in [-0.4, -0.2) is 63.6 Å². The lowest BCUT2D eigenvalue weighted by atomic mass is 10.1. The molecule has 2 heterocycles. The summed E-state index contributed by atoms with van der Waals surface area (Å²) in [6, 6.07) is 7.68. The van der Waals surface area contributed by atoms with Gasteiger partial charge in [0.1, 0.15) is 5.82 Å². The number of carbonyl (C=O) groups excluding carboxylic acids is 1. The second-order valence-electron chi connectivity index (χ2n) is 6.64. The van der Waals surface area contributed by atoms with Crippen LogP contribution >= 0.6 is 0 Å². The summed E-state index contributed by atoms with van der Waals surface area (Å²) in [5, 5.41) is 9.76. The maximum absolute atomic E-state index is 12.1. The van der Waals surface area contributed by atoms with Crippen LogP contribution in [0, 0.1) is 0 Å². The normalized spacial score (nSPS) is 15.9. The molecule has 8 nitrogen and oxygen atoms in total. The van der Waals surface area contributed by atoms with Crippen LogP contribution in [0.25, 0.3) is 11.4 Å². The van der Waals surface area contributed by atoms with E-state index in [4.69, 9.17) is 5.73 Å². The fourth-order valence-corrected chi connectivity index (χ4v) is 3.04. The monoisotopic (exact) mass is 357 g/mol. The molecule has 1 aromatic carbocycles. The smallest absolute Gasteiger partial charge is 0.296 e. The molecule has 1 fully saturated rings. The number of rotatable bonds is 4. The van der Waals surface area contributed by atoms with E-state index in [1.165, 1.54) is 11.6 Å². The Kier molecular flexibility index (Phi) is 5.06. The largest absolute Gasteiger partial charge is 0.501 e. The zero-order chi connectivity index (χ0) is 18.8. The second kappa shape index (κ2) is 7.27. The first kappa shape index (κ1) is 18.1. The van der Waals surface area contributed by atoms with Gasteiger partial charge in [0.05, 0.1) is 0 Å². The van der Waals surface area contributed by atoms with Crippen LogP contribution < -0.4 is 11.3 Å². The van der Waals surface area contributed by atoms with Gasteiger partial charge < -0.3 is 15.7 Å². The third-order valence-corrected chi connectivity index (χ3v) is 4.71. The molecule has 1 aromatic heterocycles. The van der Waals surface area contributed by atoms with Crippen molar-refractivity contribution in [1.29, 1.82) is 0 Å². The fraction of sp³-hybridized carbons (Fsp3) is 0.389. The Hall–Kier alpha value is -2.71. The summed E-state index contributed by atoms with van der Waals surface area (Å²) < 4.78 is 1.21. The minimum Gasteiger partial charge on any atom is -0.501 e. The number of likely N-dealkylation sites (N-methyl/N-ethyl adjacent to an activating group) is 1. The van der Waals surface area contributed by atoms with Gasteiger partial charge in [-0.3, -0.25) is 19.1 Å². The standard InChI is InChI=1S/C18H23N5O3/c1-21-7-9-23(10-8-21)11-12-3-5-13(6-4-12)17-20-14(16(19)25)15(24)18(26)22(17)2/h3-6,24H,7-11H2,1-2H3,(H2,19,25). The molecule has 0 aliphatic carbocycles. The van der Waals surface area contributed by atoms with Crippen molar-refractivity contribution in [2.24, 2.45) is 12.8 Å². The van der Waals surface area contributed by atoms with Gasteiger partial charge in [0.25, 0.3) is 11.5 Å². The Balaban J connectivity index is 1.85. The van der Waals surface area contributed by atoms with E-state index in [0.29, 0.717) is 5.56 Å². The van der Waals surface area contributed by atoms with Gasteiger partial charge >= 0.3 is 0 Å². The van der Waals surface area contributed by atoms with Gasteiger partial charge in [-0.1, -0.05) is 24.3 Å². The van der Waals surface area contributed by atoms with Crippen LogP contribution in [0.15, 0.2) is 29.1 Å². The number of aromatic hydroxyl groups is 1. The number of hydrogen-bond acceptors (Lipinski definition) is 6. The van der Waals surface area contributed by atoms with E-state index in [2.05, 4.69) is 21.8 Å². The molecule has 0 saturated carbocycles. The van der Waals surface area contributed by atoms with E-state index in [-0.39, 0.29) is 5.82 Å². The van der Waals surface area contributed by atoms with Crippen molar-refractivity contribution in [2.75, 3.05) is 33.2 Å². The van der Waals surface area contributed by atoms with E-state index in [1.54, 1.807) is 0 Å². The van der Waals surface area contributed by atoms with Crippen LogP contribution in [0.5, 0.6) is 5.75 Å². The van der Waals surface area contributed by atoms with Crippen LogP contribution in [0.1, 0.15) is 16.1 Å². The number of amides is 1. The fourth-order valence-electron chi connectivity index (χ4n) is 3.04. The molecule has 0 radical (unpaired) electrons. The van der Waals surface area contributed by atoms with E-state index < -0.39 is 22.9 Å². The first-order valence-corrected chi connectivity index (χ1v) is 8.47. The van der Waals surface area contributed by atoms with Crippen molar-refractivity contribution in [3.05, 3.63) is 45.9 Å². The highest BCUT2D eigenvalue weighted by molar-refractivity contribution is 5.93. The number of primary amides is 1. The quantitative estimate of drug-likeness (QED) is 0.798. The Labute approximate surface area is 151 Å². The molecule has 3 N–H and O–H groups in total. The van der Waals surface area contributed by atoms with Crippen molar-refractivity contribution in [3.8, 4) is 17.1 Å². The van der Waals surface area contributed by atoms with Crippen LogP contribution in [0.2, 0.25) is 0 Å². The van der Waals surface area contributed by atoms with E-state index in [0.717, 1.165) is 38.3 Å². The van der Waals surface area contributed by atoms with Crippen molar-refractivity contribution in [1.82, 2.24) is 19.4 Å². The molecule has 0 bridgehead atoms. The molecule has 1 saturated heterocycles. The molecule has 1 aliphatic heterocycles. The summed E-state index contributed by atoms with van der Waals surface area (Å²) in [5.41, 5.74) is 5.92. The average molecular weight is 357 g/mol.